The molecule has 2 aromatic carbocycles. The van der Waals surface area contributed by atoms with Crippen LogP contribution in [0.25, 0.3) is 0 Å². The highest BCUT2D eigenvalue weighted by molar-refractivity contribution is 6.92. The van der Waals surface area contributed by atoms with E-state index in [9.17, 15) is 0 Å². The number of hydrogen-bond acceptors (Lipinski definition) is 3. The Bertz CT molecular complexity index is 520. The molecule has 4 heteroatoms. The molecule has 0 saturated heterocycles. The number of methoxy groups -OCH3 is 1. The SMILES string of the molecule is CCCCCO[Si](OCCOC)(c1ccccc1)c1ccccc1. The molecule has 0 fully saturated rings. The van der Waals surface area contributed by atoms with E-state index in [2.05, 4.69) is 55.5 Å². The fourth-order valence-electron chi connectivity index (χ4n) is 2.69. The maximum absolute atomic E-state index is 6.51. The van der Waals surface area contributed by atoms with Gasteiger partial charge in [-0.05, 0) is 16.8 Å². The Hall–Kier alpha value is -1.46. The topological polar surface area (TPSA) is 27.7 Å². The summed E-state index contributed by atoms with van der Waals surface area (Å²) >= 11 is 0. The zero-order valence-electron chi connectivity index (χ0n) is 14.7. The van der Waals surface area contributed by atoms with Gasteiger partial charge in [0.05, 0.1) is 13.2 Å². The van der Waals surface area contributed by atoms with Crippen LogP contribution < -0.4 is 10.4 Å². The molecule has 130 valence electrons. The Balaban J connectivity index is 2.34. The number of rotatable bonds is 11. The van der Waals surface area contributed by atoms with Gasteiger partial charge in [-0.2, -0.15) is 0 Å². The van der Waals surface area contributed by atoms with E-state index in [1.54, 1.807) is 7.11 Å². The van der Waals surface area contributed by atoms with E-state index in [1.807, 2.05) is 12.1 Å². The summed E-state index contributed by atoms with van der Waals surface area (Å²) in [5.41, 5.74) is 0. The van der Waals surface area contributed by atoms with Crippen LogP contribution in [0.5, 0.6) is 0 Å². The number of unbranched alkanes of at least 4 members (excludes halogenated alkanes) is 2. The van der Waals surface area contributed by atoms with Crippen molar-refractivity contribution in [2.24, 2.45) is 0 Å². The molecular formula is C20H28O3Si. The van der Waals surface area contributed by atoms with Gasteiger partial charge in [0.2, 0.25) is 0 Å². The maximum atomic E-state index is 6.51. The molecule has 0 atom stereocenters. The van der Waals surface area contributed by atoms with E-state index in [0.29, 0.717) is 13.2 Å². The summed E-state index contributed by atoms with van der Waals surface area (Å²) in [4.78, 5) is 0. The van der Waals surface area contributed by atoms with Crippen LogP contribution in [0, 0.1) is 0 Å². The minimum absolute atomic E-state index is 0.528. The van der Waals surface area contributed by atoms with Crippen molar-refractivity contribution in [1.29, 1.82) is 0 Å². The summed E-state index contributed by atoms with van der Waals surface area (Å²) in [6, 6.07) is 20.7. The van der Waals surface area contributed by atoms with Gasteiger partial charge in [-0.1, -0.05) is 80.4 Å². The third-order valence-electron chi connectivity index (χ3n) is 3.95. The summed E-state index contributed by atoms with van der Waals surface area (Å²) < 4.78 is 18.1. The smallest absolute Gasteiger partial charge is 0.388 e. The molecule has 0 aliphatic heterocycles. The Labute approximate surface area is 146 Å². The lowest BCUT2D eigenvalue weighted by atomic mass is 10.3. The quantitative estimate of drug-likeness (QED) is 0.463. The molecule has 0 heterocycles. The average Bonchev–Trinajstić information content (AvgIpc) is 2.65. The largest absolute Gasteiger partial charge is 0.407 e. The van der Waals surface area contributed by atoms with Crippen LogP contribution in [0.4, 0.5) is 0 Å². The van der Waals surface area contributed by atoms with Crippen LogP contribution in [-0.2, 0) is 13.6 Å². The van der Waals surface area contributed by atoms with Gasteiger partial charge >= 0.3 is 8.56 Å². The molecule has 2 rings (SSSR count). The van der Waals surface area contributed by atoms with Crippen LogP contribution in [0.2, 0.25) is 0 Å². The van der Waals surface area contributed by atoms with E-state index in [-0.39, 0.29) is 0 Å². The number of hydrogen-bond donors (Lipinski definition) is 0. The highest BCUT2D eigenvalue weighted by Crippen LogP contribution is 2.12. The molecule has 0 N–H and O–H groups in total. The first kappa shape index (κ1) is 18.9. The molecule has 0 radical (unpaired) electrons. The summed E-state index contributed by atoms with van der Waals surface area (Å²) in [7, 11) is -1.02. The van der Waals surface area contributed by atoms with E-state index < -0.39 is 8.56 Å². The molecule has 0 aliphatic carbocycles. The summed E-state index contributed by atoms with van der Waals surface area (Å²) in [5, 5.41) is 2.28. The molecule has 24 heavy (non-hydrogen) atoms. The first-order valence-corrected chi connectivity index (χ1v) is 10.5. The van der Waals surface area contributed by atoms with Crippen molar-refractivity contribution in [2.75, 3.05) is 26.9 Å². The Morgan fingerprint density at radius 3 is 1.75 bits per heavy atom. The zero-order valence-corrected chi connectivity index (χ0v) is 15.7. The minimum Gasteiger partial charge on any atom is -0.388 e. The second kappa shape index (κ2) is 10.4. The van der Waals surface area contributed by atoms with Crippen molar-refractivity contribution < 1.29 is 13.6 Å². The second-order valence-corrected chi connectivity index (χ2v) is 8.71. The molecule has 0 aromatic heterocycles. The summed E-state index contributed by atoms with van der Waals surface area (Å²) in [6.45, 7) is 4.01. The van der Waals surface area contributed by atoms with E-state index in [4.69, 9.17) is 13.6 Å². The lowest BCUT2D eigenvalue weighted by Crippen LogP contribution is -2.63. The monoisotopic (exact) mass is 344 g/mol. The minimum atomic E-state index is -2.71. The molecule has 0 spiro atoms. The van der Waals surface area contributed by atoms with Crippen LogP contribution in [0.15, 0.2) is 60.7 Å². The molecule has 0 unspecified atom stereocenters. The van der Waals surface area contributed by atoms with Crippen molar-refractivity contribution in [2.45, 2.75) is 26.2 Å². The molecule has 0 aliphatic rings. The fraction of sp³-hybridized carbons (Fsp3) is 0.400. The highest BCUT2D eigenvalue weighted by Gasteiger charge is 2.42. The van der Waals surface area contributed by atoms with E-state index in [1.165, 1.54) is 12.8 Å². The molecule has 2 aromatic rings. The molecule has 0 saturated carbocycles. The highest BCUT2D eigenvalue weighted by atomic mass is 28.4. The van der Waals surface area contributed by atoms with Gasteiger partial charge in [0.1, 0.15) is 0 Å². The van der Waals surface area contributed by atoms with Crippen LogP contribution in [-0.4, -0.2) is 35.5 Å². The molecule has 0 bridgehead atoms. The predicted molar refractivity (Wildman–Crippen MR) is 101 cm³/mol. The standard InChI is InChI=1S/C20H28O3Si/c1-3-4-11-16-22-24(23-18-17-21-2,19-12-7-5-8-13-19)20-14-9-6-10-15-20/h5-10,12-15H,3-4,11,16-18H2,1-2H3. The zero-order chi connectivity index (χ0) is 17.1. The normalized spacial score (nSPS) is 11.6. The van der Waals surface area contributed by atoms with E-state index in [0.717, 1.165) is 23.4 Å². The first-order chi connectivity index (χ1) is 11.8. The Morgan fingerprint density at radius 1 is 0.708 bits per heavy atom. The lowest BCUT2D eigenvalue weighted by Gasteiger charge is -2.31. The summed E-state index contributed by atoms with van der Waals surface area (Å²) in [6.07, 6.45) is 3.41. The van der Waals surface area contributed by atoms with E-state index >= 15 is 0 Å². The van der Waals surface area contributed by atoms with Gasteiger partial charge in [-0.25, -0.2) is 0 Å². The summed E-state index contributed by atoms with van der Waals surface area (Å²) in [5.74, 6) is 0. The van der Waals surface area contributed by atoms with Gasteiger partial charge in [-0.15, -0.1) is 0 Å². The second-order valence-electron chi connectivity index (χ2n) is 5.75. The fourth-order valence-corrected chi connectivity index (χ4v) is 5.84. The van der Waals surface area contributed by atoms with Crippen molar-refractivity contribution in [3.05, 3.63) is 60.7 Å². The van der Waals surface area contributed by atoms with Crippen molar-refractivity contribution in [3.8, 4) is 0 Å². The van der Waals surface area contributed by atoms with Crippen molar-refractivity contribution in [1.82, 2.24) is 0 Å². The lowest BCUT2D eigenvalue weighted by molar-refractivity contribution is 0.118. The third-order valence-corrected chi connectivity index (χ3v) is 7.36. The van der Waals surface area contributed by atoms with Crippen molar-refractivity contribution in [3.63, 3.8) is 0 Å². The first-order valence-electron chi connectivity index (χ1n) is 8.71. The van der Waals surface area contributed by atoms with Crippen molar-refractivity contribution >= 4 is 18.9 Å². The number of ether oxygens (including phenoxy) is 1. The Morgan fingerprint density at radius 2 is 1.25 bits per heavy atom. The van der Waals surface area contributed by atoms with Gasteiger partial charge in [0.25, 0.3) is 0 Å². The molecule has 0 amide bonds. The van der Waals surface area contributed by atoms with Crippen LogP contribution >= 0.6 is 0 Å². The predicted octanol–water partition coefficient (Wildman–Crippen LogP) is 3.11. The van der Waals surface area contributed by atoms with Crippen LogP contribution in [0.3, 0.4) is 0 Å². The van der Waals surface area contributed by atoms with Gasteiger partial charge in [-0.3, -0.25) is 0 Å². The van der Waals surface area contributed by atoms with Gasteiger partial charge in [0.15, 0.2) is 0 Å². The number of benzene rings is 2. The third kappa shape index (κ3) is 5.01. The van der Waals surface area contributed by atoms with Gasteiger partial charge < -0.3 is 13.6 Å². The molecular weight excluding hydrogens is 316 g/mol. The Kier molecular flexibility index (Phi) is 8.19. The maximum Gasteiger partial charge on any atom is 0.407 e. The van der Waals surface area contributed by atoms with Gasteiger partial charge in [0, 0.05) is 13.7 Å². The van der Waals surface area contributed by atoms with Crippen LogP contribution in [0.1, 0.15) is 26.2 Å². The average molecular weight is 345 g/mol. The molecule has 3 nitrogen and oxygen atoms in total.